The predicted octanol–water partition coefficient (Wildman–Crippen LogP) is 2.45. The molecule has 1 aromatic carbocycles. The smallest absolute Gasteiger partial charge is 0.337 e. The zero-order chi connectivity index (χ0) is 14.6. The van der Waals surface area contributed by atoms with Crippen LogP contribution in [0.2, 0.25) is 0 Å². The fraction of sp³-hybridized carbons (Fsp3) is 0.500. The van der Waals surface area contributed by atoms with Gasteiger partial charge in [-0.25, -0.2) is 9.78 Å². The quantitative estimate of drug-likeness (QED) is 0.921. The maximum absolute atomic E-state index is 11.4. The summed E-state index contributed by atoms with van der Waals surface area (Å²) < 4.78 is 2.28. The first-order valence-corrected chi connectivity index (χ1v) is 7.61. The number of carboxylic acids is 1. The molecule has 1 aromatic heterocycles. The Kier molecular flexibility index (Phi) is 2.79. The van der Waals surface area contributed by atoms with E-state index in [-0.39, 0.29) is 0 Å². The first kappa shape index (κ1) is 12.8. The van der Waals surface area contributed by atoms with Crippen molar-refractivity contribution in [2.45, 2.75) is 38.3 Å². The number of rotatable bonds is 2. The molecule has 0 bridgehead atoms. The van der Waals surface area contributed by atoms with E-state index in [9.17, 15) is 9.90 Å². The maximum Gasteiger partial charge on any atom is 0.337 e. The molecule has 0 amide bonds. The van der Waals surface area contributed by atoms with Crippen molar-refractivity contribution in [1.82, 2.24) is 14.5 Å². The molecule has 2 saturated heterocycles. The van der Waals surface area contributed by atoms with Crippen LogP contribution in [0.25, 0.3) is 11.0 Å². The second-order valence-corrected chi connectivity index (χ2v) is 6.11. The number of aromatic carboxylic acids is 1. The molecule has 0 radical (unpaired) electrons. The second kappa shape index (κ2) is 4.56. The number of benzene rings is 1. The summed E-state index contributed by atoms with van der Waals surface area (Å²) in [6.45, 7) is 4.34. The molecule has 21 heavy (non-hydrogen) atoms. The van der Waals surface area contributed by atoms with E-state index in [4.69, 9.17) is 0 Å². The van der Waals surface area contributed by atoms with Crippen LogP contribution in [0.4, 0.5) is 0 Å². The molecule has 2 unspecified atom stereocenters. The lowest BCUT2D eigenvalue weighted by Crippen LogP contribution is -2.27. The third-order valence-electron chi connectivity index (χ3n) is 5.03. The molecule has 2 aliphatic heterocycles. The third-order valence-corrected chi connectivity index (χ3v) is 5.03. The van der Waals surface area contributed by atoms with Gasteiger partial charge in [-0.05, 0) is 44.9 Å². The van der Waals surface area contributed by atoms with Crippen LogP contribution in [0, 0.1) is 6.92 Å². The van der Waals surface area contributed by atoms with Crippen LogP contribution in [0.15, 0.2) is 18.2 Å². The van der Waals surface area contributed by atoms with Gasteiger partial charge in [0.1, 0.15) is 11.3 Å². The van der Waals surface area contributed by atoms with Crippen LogP contribution in [-0.4, -0.2) is 44.7 Å². The van der Waals surface area contributed by atoms with Gasteiger partial charge in [0, 0.05) is 12.6 Å². The molecule has 2 aliphatic rings. The summed E-state index contributed by atoms with van der Waals surface area (Å²) in [5.74, 6) is 0.0246. The first-order valence-electron chi connectivity index (χ1n) is 7.61. The largest absolute Gasteiger partial charge is 0.478 e. The monoisotopic (exact) mass is 285 g/mol. The Morgan fingerprint density at radius 3 is 2.95 bits per heavy atom. The standard InChI is InChI=1S/C16H19N3O2/c1-10-17-15-11(16(20)21)4-2-5-14(15)19(10)13-7-9-18-8-3-6-12(13)18/h2,4-5,12-13H,3,6-9H2,1H3,(H,20,21). The van der Waals surface area contributed by atoms with Crippen molar-refractivity contribution in [2.75, 3.05) is 13.1 Å². The molecule has 110 valence electrons. The van der Waals surface area contributed by atoms with E-state index >= 15 is 0 Å². The van der Waals surface area contributed by atoms with Crippen molar-refractivity contribution in [3.63, 3.8) is 0 Å². The molecule has 4 rings (SSSR count). The molecule has 5 nitrogen and oxygen atoms in total. The lowest BCUT2D eigenvalue weighted by Gasteiger charge is -2.23. The van der Waals surface area contributed by atoms with Gasteiger partial charge < -0.3 is 9.67 Å². The third kappa shape index (κ3) is 1.80. The molecule has 0 aliphatic carbocycles. The van der Waals surface area contributed by atoms with Crippen LogP contribution in [-0.2, 0) is 0 Å². The fourth-order valence-electron chi connectivity index (χ4n) is 4.18. The minimum Gasteiger partial charge on any atom is -0.478 e. The van der Waals surface area contributed by atoms with Gasteiger partial charge >= 0.3 is 5.97 Å². The molecule has 5 heteroatoms. The minimum absolute atomic E-state index is 0.302. The van der Waals surface area contributed by atoms with E-state index in [1.54, 1.807) is 6.07 Å². The number of para-hydroxylation sites is 1. The van der Waals surface area contributed by atoms with Gasteiger partial charge in [0.2, 0.25) is 0 Å². The van der Waals surface area contributed by atoms with Crippen molar-refractivity contribution < 1.29 is 9.90 Å². The molecular weight excluding hydrogens is 266 g/mol. The van der Waals surface area contributed by atoms with E-state index in [2.05, 4.69) is 14.5 Å². The van der Waals surface area contributed by atoms with Crippen LogP contribution >= 0.6 is 0 Å². The lowest BCUT2D eigenvalue weighted by molar-refractivity contribution is 0.0699. The Bertz CT molecular complexity index is 722. The summed E-state index contributed by atoms with van der Waals surface area (Å²) in [4.78, 5) is 18.5. The zero-order valence-electron chi connectivity index (χ0n) is 12.1. The molecule has 3 heterocycles. The fourth-order valence-corrected chi connectivity index (χ4v) is 4.18. The van der Waals surface area contributed by atoms with Crippen molar-refractivity contribution >= 4 is 17.0 Å². The van der Waals surface area contributed by atoms with E-state index in [1.807, 2.05) is 19.1 Å². The van der Waals surface area contributed by atoms with Gasteiger partial charge in [-0.15, -0.1) is 0 Å². The van der Waals surface area contributed by atoms with Crippen LogP contribution in [0.5, 0.6) is 0 Å². The number of imidazole rings is 1. The molecular formula is C16H19N3O2. The Hall–Kier alpha value is -1.88. The average molecular weight is 285 g/mol. The molecule has 0 saturated carbocycles. The summed E-state index contributed by atoms with van der Waals surface area (Å²) in [7, 11) is 0. The van der Waals surface area contributed by atoms with Gasteiger partial charge in [-0.1, -0.05) is 6.07 Å². The van der Waals surface area contributed by atoms with E-state index in [0.29, 0.717) is 23.2 Å². The molecule has 2 atom stereocenters. The van der Waals surface area contributed by atoms with Crippen molar-refractivity contribution in [1.29, 1.82) is 0 Å². The predicted molar refractivity (Wildman–Crippen MR) is 79.7 cm³/mol. The van der Waals surface area contributed by atoms with Gasteiger partial charge in [-0.2, -0.15) is 0 Å². The summed E-state index contributed by atoms with van der Waals surface area (Å²) in [6.07, 6.45) is 3.64. The number of carbonyl (C=O) groups is 1. The van der Waals surface area contributed by atoms with Crippen LogP contribution in [0.1, 0.15) is 41.5 Å². The normalized spacial score (nSPS) is 25.6. The van der Waals surface area contributed by atoms with Crippen molar-refractivity contribution in [3.05, 3.63) is 29.6 Å². The van der Waals surface area contributed by atoms with E-state index in [1.165, 1.54) is 19.4 Å². The Morgan fingerprint density at radius 1 is 1.29 bits per heavy atom. The summed E-state index contributed by atoms with van der Waals surface area (Å²) in [5.41, 5.74) is 1.89. The average Bonchev–Trinajstić information content (AvgIpc) is 3.11. The van der Waals surface area contributed by atoms with E-state index < -0.39 is 5.97 Å². The first-order chi connectivity index (χ1) is 10.2. The number of hydrogen-bond acceptors (Lipinski definition) is 3. The summed E-state index contributed by atoms with van der Waals surface area (Å²) in [6, 6.07) is 6.48. The maximum atomic E-state index is 11.4. The molecule has 0 spiro atoms. The topological polar surface area (TPSA) is 58.4 Å². The zero-order valence-corrected chi connectivity index (χ0v) is 12.1. The Balaban J connectivity index is 1.87. The Morgan fingerprint density at radius 2 is 2.14 bits per heavy atom. The van der Waals surface area contributed by atoms with Gasteiger partial charge in [0.05, 0.1) is 17.1 Å². The van der Waals surface area contributed by atoms with Crippen LogP contribution in [0.3, 0.4) is 0 Å². The number of aromatic nitrogens is 2. The van der Waals surface area contributed by atoms with Crippen LogP contribution < -0.4 is 0 Å². The highest BCUT2D eigenvalue weighted by atomic mass is 16.4. The molecule has 1 N–H and O–H groups in total. The number of aryl methyl sites for hydroxylation is 1. The SMILES string of the molecule is Cc1nc2c(C(=O)O)cccc2n1C1CCN2CCCC12. The number of carboxylic acid groups (broad SMARTS) is 1. The number of hydrogen-bond donors (Lipinski definition) is 1. The summed E-state index contributed by atoms with van der Waals surface area (Å²) >= 11 is 0. The Labute approximate surface area is 123 Å². The van der Waals surface area contributed by atoms with Crippen molar-refractivity contribution in [2.24, 2.45) is 0 Å². The highest BCUT2D eigenvalue weighted by Crippen LogP contribution is 2.38. The van der Waals surface area contributed by atoms with E-state index in [0.717, 1.165) is 24.3 Å². The lowest BCUT2D eigenvalue weighted by atomic mass is 10.1. The minimum atomic E-state index is -0.904. The van der Waals surface area contributed by atoms with Gasteiger partial charge in [0.15, 0.2) is 0 Å². The molecule has 2 fully saturated rings. The van der Waals surface area contributed by atoms with Crippen molar-refractivity contribution in [3.8, 4) is 0 Å². The highest BCUT2D eigenvalue weighted by Gasteiger charge is 2.39. The summed E-state index contributed by atoms with van der Waals surface area (Å²) in [5, 5.41) is 9.34. The van der Waals surface area contributed by atoms with Gasteiger partial charge in [-0.3, -0.25) is 4.90 Å². The number of nitrogens with zero attached hydrogens (tertiary/aromatic N) is 3. The molecule has 2 aromatic rings. The number of fused-ring (bicyclic) bond motifs is 2. The van der Waals surface area contributed by atoms with Gasteiger partial charge in [0.25, 0.3) is 0 Å². The highest BCUT2D eigenvalue weighted by molar-refractivity contribution is 6.01. The second-order valence-electron chi connectivity index (χ2n) is 6.11.